The molecule has 106 valence electrons. The quantitative estimate of drug-likeness (QED) is 0.795. The number of rotatable bonds is 3. The van der Waals surface area contributed by atoms with E-state index < -0.39 is 0 Å². The molecule has 0 saturated heterocycles. The molecule has 2 aromatic rings. The van der Waals surface area contributed by atoms with E-state index >= 15 is 0 Å². The van der Waals surface area contributed by atoms with E-state index in [-0.39, 0.29) is 18.0 Å². The first-order valence-electron chi connectivity index (χ1n) is 6.15. The van der Waals surface area contributed by atoms with E-state index in [1.807, 2.05) is 19.9 Å². The van der Waals surface area contributed by atoms with Gasteiger partial charge >= 0.3 is 5.69 Å². The number of nitrogens with zero attached hydrogens (tertiary/aromatic N) is 2. The fourth-order valence-corrected chi connectivity index (χ4v) is 3.34. The Balaban J connectivity index is 2.41. The molecule has 0 aliphatic heterocycles. The van der Waals surface area contributed by atoms with Gasteiger partial charge in [0.2, 0.25) is 0 Å². The minimum atomic E-state index is -0.388. The Hall–Kier alpha value is -1.27. The molecule has 0 radical (unpaired) electrons. The summed E-state index contributed by atoms with van der Waals surface area (Å²) in [5.41, 5.74) is 1.66. The minimum absolute atomic E-state index is 0.0214. The van der Waals surface area contributed by atoms with Crippen molar-refractivity contribution >= 4 is 33.0 Å². The van der Waals surface area contributed by atoms with Crippen LogP contribution in [0.5, 0.6) is 0 Å². The Labute approximate surface area is 129 Å². The van der Waals surface area contributed by atoms with Gasteiger partial charge in [0, 0.05) is 21.0 Å². The molecule has 0 unspecified atom stereocenters. The molecule has 0 amide bonds. The van der Waals surface area contributed by atoms with Crippen molar-refractivity contribution in [3.63, 3.8) is 0 Å². The summed E-state index contributed by atoms with van der Waals surface area (Å²) in [6, 6.07) is 1.87. The lowest BCUT2D eigenvalue weighted by molar-refractivity contribution is 0.0969. The van der Waals surface area contributed by atoms with Crippen LogP contribution in [0.1, 0.15) is 31.5 Å². The van der Waals surface area contributed by atoms with Crippen molar-refractivity contribution in [2.45, 2.75) is 34.2 Å². The summed E-state index contributed by atoms with van der Waals surface area (Å²) in [6.07, 6.45) is 0. The summed E-state index contributed by atoms with van der Waals surface area (Å²) in [5, 5.41) is 0. The van der Waals surface area contributed by atoms with Crippen LogP contribution in [-0.2, 0) is 6.54 Å². The Morgan fingerprint density at radius 3 is 2.55 bits per heavy atom. The van der Waals surface area contributed by atoms with Crippen LogP contribution < -0.4 is 5.69 Å². The van der Waals surface area contributed by atoms with Crippen molar-refractivity contribution in [3.8, 4) is 0 Å². The smallest absolute Gasteiger partial charge is 0.292 e. The van der Waals surface area contributed by atoms with E-state index in [1.54, 1.807) is 25.2 Å². The van der Waals surface area contributed by atoms with Crippen LogP contribution in [0.4, 0.5) is 0 Å². The predicted octanol–water partition coefficient (Wildman–Crippen LogP) is 3.18. The number of carbonyl (C=O) groups is 1. The van der Waals surface area contributed by atoms with Gasteiger partial charge in [0.1, 0.15) is 0 Å². The normalized spacial score (nSPS) is 10.8. The molecule has 0 fully saturated rings. The highest BCUT2D eigenvalue weighted by molar-refractivity contribution is 9.10. The summed E-state index contributed by atoms with van der Waals surface area (Å²) < 4.78 is 2.18. The zero-order valence-corrected chi connectivity index (χ0v) is 14.2. The Kier molecular flexibility index (Phi) is 4.25. The molecular weight excluding hydrogens is 340 g/mol. The van der Waals surface area contributed by atoms with Crippen LogP contribution in [0.25, 0.3) is 0 Å². The van der Waals surface area contributed by atoms with E-state index in [4.69, 9.17) is 0 Å². The van der Waals surface area contributed by atoms with Crippen molar-refractivity contribution in [1.82, 2.24) is 9.55 Å². The van der Waals surface area contributed by atoms with Crippen molar-refractivity contribution in [2.75, 3.05) is 0 Å². The molecule has 0 aliphatic carbocycles. The van der Waals surface area contributed by atoms with E-state index in [0.29, 0.717) is 11.3 Å². The highest BCUT2D eigenvalue weighted by Gasteiger charge is 2.16. The molecule has 0 N–H and O–H groups in total. The first-order valence-corrected chi connectivity index (χ1v) is 7.76. The number of thiophene rings is 1. The molecule has 0 bridgehead atoms. The van der Waals surface area contributed by atoms with Gasteiger partial charge in [-0.3, -0.25) is 9.36 Å². The Morgan fingerprint density at radius 2 is 2.00 bits per heavy atom. The number of hydrogen-bond acceptors (Lipinski definition) is 4. The molecule has 4 nitrogen and oxygen atoms in total. The summed E-state index contributed by atoms with van der Waals surface area (Å²) in [6.45, 7) is 7.48. The third-order valence-electron chi connectivity index (χ3n) is 3.18. The highest BCUT2D eigenvalue weighted by atomic mass is 79.9. The maximum atomic E-state index is 12.4. The molecule has 6 heteroatoms. The first-order chi connectivity index (χ1) is 9.31. The van der Waals surface area contributed by atoms with Crippen LogP contribution in [0, 0.1) is 27.7 Å². The van der Waals surface area contributed by atoms with Crippen LogP contribution in [-0.4, -0.2) is 15.3 Å². The van der Waals surface area contributed by atoms with Gasteiger partial charge in [0.05, 0.1) is 16.7 Å². The van der Waals surface area contributed by atoms with E-state index in [2.05, 4.69) is 20.9 Å². The molecule has 2 rings (SSSR count). The van der Waals surface area contributed by atoms with Crippen LogP contribution in [0.15, 0.2) is 15.3 Å². The van der Waals surface area contributed by atoms with Crippen molar-refractivity contribution in [1.29, 1.82) is 0 Å². The second-order valence-electron chi connectivity index (χ2n) is 4.72. The van der Waals surface area contributed by atoms with Gasteiger partial charge in [-0.15, -0.1) is 11.3 Å². The van der Waals surface area contributed by atoms with Gasteiger partial charge in [0.25, 0.3) is 0 Å². The molecule has 2 heterocycles. The average Bonchev–Trinajstić information content (AvgIpc) is 2.71. The maximum absolute atomic E-state index is 12.4. The molecule has 20 heavy (non-hydrogen) atoms. The lowest BCUT2D eigenvalue weighted by atomic mass is 10.1. The number of carbonyl (C=O) groups excluding carboxylic acids is 1. The van der Waals surface area contributed by atoms with Gasteiger partial charge < -0.3 is 0 Å². The van der Waals surface area contributed by atoms with Crippen molar-refractivity contribution < 1.29 is 4.79 Å². The predicted molar refractivity (Wildman–Crippen MR) is 83.8 cm³/mol. The molecule has 0 aromatic carbocycles. The van der Waals surface area contributed by atoms with Gasteiger partial charge in [-0.25, -0.2) is 4.79 Å². The van der Waals surface area contributed by atoms with Crippen molar-refractivity contribution in [2.24, 2.45) is 0 Å². The summed E-state index contributed by atoms with van der Waals surface area (Å²) in [4.78, 5) is 30.3. The first kappa shape index (κ1) is 15.1. The third-order valence-corrected chi connectivity index (χ3v) is 5.29. The number of halogens is 1. The van der Waals surface area contributed by atoms with Crippen LogP contribution >= 0.6 is 27.3 Å². The number of aromatic nitrogens is 2. The number of aryl methyl sites for hydroxylation is 3. The highest BCUT2D eigenvalue weighted by Crippen LogP contribution is 2.22. The lowest BCUT2D eigenvalue weighted by Crippen LogP contribution is -2.29. The topological polar surface area (TPSA) is 52.0 Å². The Bertz CT molecular complexity index is 746. The second-order valence-corrected chi connectivity index (χ2v) is 6.97. The van der Waals surface area contributed by atoms with Gasteiger partial charge in [-0.2, -0.15) is 4.98 Å². The third kappa shape index (κ3) is 2.76. The van der Waals surface area contributed by atoms with E-state index in [0.717, 1.165) is 19.9 Å². The maximum Gasteiger partial charge on any atom is 0.348 e. The lowest BCUT2D eigenvalue weighted by Gasteiger charge is -2.11. The molecule has 0 spiro atoms. The molecular formula is C14H15BrN2O2S. The fraction of sp³-hybridized carbons (Fsp3) is 0.357. The van der Waals surface area contributed by atoms with Crippen LogP contribution in [0.3, 0.4) is 0 Å². The van der Waals surface area contributed by atoms with Crippen LogP contribution in [0.2, 0.25) is 0 Å². The van der Waals surface area contributed by atoms with E-state index in [1.165, 1.54) is 4.57 Å². The molecule has 0 saturated carbocycles. The second kappa shape index (κ2) is 5.61. The zero-order valence-electron chi connectivity index (χ0n) is 11.8. The van der Waals surface area contributed by atoms with E-state index in [9.17, 15) is 9.59 Å². The Morgan fingerprint density at radius 1 is 1.35 bits per heavy atom. The molecule has 2 aromatic heterocycles. The number of Topliss-reactive ketones (excluding diaryl/α,β-unsaturated/α-hetero) is 1. The summed E-state index contributed by atoms with van der Waals surface area (Å²) in [5.74, 6) is -0.0606. The number of ketones is 1. The average molecular weight is 355 g/mol. The van der Waals surface area contributed by atoms with Gasteiger partial charge in [-0.1, -0.05) is 0 Å². The molecule has 0 aliphatic rings. The largest absolute Gasteiger partial charge is 0.348 e. The molecule has 0 atom stereocenters. The standard InChI is InChI=1S/C14H15BrN2O2S/c1-7-5-11(10(4)20-7)12(18)6-17-9(3)13(15)8(2)16-14(17)19/h5H,6H2,1-4H3. The summed E-state index contributed by atoms with van der Waals surface area (Å²) in [7, 11) is 0. The fourth-order valence-electron chi connectivity index (χ4n) is 2.10. The van der Waals surface area contributed by atoms with Crippen molar-refractivity contribution in [3.05, 3.63) is 47.7 Å². The SMILES string of the molecule is Cc1cc(C(=O)Cn2c(C)c(Br)c(C)nc2=O)c(C)s1. The summed E-state index contributed by atoms with van der Waals surface area (Å²) >= 11 is 4.99. The minimum Gasteiger partial charge on any atom is -0.292 e. The zero-order chi connectivity index (χ0) is 15.0. The van der Waals surface area contributed by atoms with Gasteiger partial charge in [-0.05, 0) is 49.7 Å². The van der Waals surface area contributed by atoms with Gasteiger partial charge in [0.15, 0.2) is 5.78 Å². The monoisotopic (exact) mass is 354 g/mol. The number of hydrogen-bond donors (Lipinski definition) is 0.